The summed E-state index contributed by atoms with van der Waals surface area (Å²) in [6, 6.07) is 20.2. The van der Waals surface area contributed by atoms with E-state index in [4.69, 9.17) is 0 Å². The van der Waals surface area contributed by atoms with Crippen molar-refractivity contribution in [2.75, 3.05) is 17.4 Å². The molecule has 0 aromatic heterocycles. The summed E-state index contributed by atoms with van der Waals surface area (Å²) in [7, 11) is -4.08. The van der Waals surface area contributed by atoms with Gasteiger partial charge in [0, 0.05) is 17.6 Å². The maximum absolute atomic E-state index is 13.9. The lowest BCUT2D eigenvalue weighted by atomic mass is 10.1. The SMILES string of the molecule is CCCNC(=O)C(C)N(Cc1cccc(Br)c1)C(=O)CN(c1cccc(C)c1)S(=O)(=O)c1ccc(C)cc1. The van der Waals surface area contributed by atoms with Crippen LogP contribution in [0.5, 0.6) is 0 Å². The van der Waals surface area contributed by atoms with Gasteiger partial charge in [0.1, 0.15) is 12.6 Å². The minimum Gasteiger partial charge on any atom is -0.354 e. The number of nitrogens with zero attached hydrogens (tertiary/aromatic N) is 2. The molecule has 7 nitrogen and oxygen atoms in total. The summed E-state index contributed by atoms with van der Waals surface area (Å²) in [6.45, 7) is 7.52. The summed E-state index contributed by atoms with van der Waals surface area (Å²) in [5, 5.41) is 2.84. The first-order valence-corrected chi connectivity index (χ1v) is 14.7. The number of sulfonamides is 1. The lowest BCUT2D eigenvalue weighted by Gasteiger charge is -2.32. The van der Waals surface area contributed by atoms with E-state index in [1.807, 2.05) is 51.1 Å². The van der Waals surface area contributed by atoms with Gasteiger partial charge in [0.25, 0.3) is 10.0 Å². The fraction of sp³-hybridized carbons (Fsp3) is 0.310. The molecular weight excluding hydrogens is 566 g/mol. The molecule has 0 radical (unpaired) electrons. The second-order valence-electron chi connectivity index (χ2n) is 9.28. The first-order valence-electron chi connectivity index (χ1n) is 12.5. The molecule has 2 amide bonds. The van der Waals surface area contributed by atoms with Gasteiger partial charge < -0.3 is 10.2 Å². The van der Waals surface area contributed by atoms with Crippen LogP contribution in [0.25, 0.3) is 0 Å². The van der Waals surface area contributed by atoms with Crippen LogP contribution in [-0.4, -0.2) is 44.3 Å². The van der Waals surface area contributed by atoms with Gasteiger partial charge in [-0.2, -0.15) is 0 Å². The molecule has 3 aromatic carbocycles. The number of anilines is 1. The summed E-state index contributed by atoms with van der Waals surface area (Å²) in [5.74, 6) is -0.778. The molecule has 0 fully saturated rings. The average Bonchev–Trinajstić information content (AvgIpc) is 2.88. The molecule has 1 N–H and O–H groups in total. The minimum absolute atomic E-state index is 0.0877. The van der Waals surface area contributed by atoms with Crippen LogP contribution in [0.1, 0.15) is 37.0 Å². The molecule has 0 saturated heterocycles. The summed E-state index contributed by atoms with van der Waals surface area (Å²) >= 11 is 3.45. The number of amides is 2. The first kappa shape index (κ1) is 29.4. The average molecular weight is 601 g/mol. The maximum Gasteiger partial charge on any atom is 0.264 e. The van der Waals surface area contributed by atoms with E-state index >= 15 is 0 Å². The van der Waals surface area contributed by atoms with Gasteiger partial charge in [-0.1, -0.05) is 64.8 Å². The molecular formula is C29H34BrN3O4S. The molecule has 3 aromatic rings. The van der Waals surface area contributed by atoms with E-state index in [9.17, 15) is 18.0 Å². The number of carbonyl (C=O) groups excluding carboxylic acids is 2. The Kier molecular flexibility index (Phi) is 10.1. The van der Waals surface area contributed by atoms with Crippen LogP contribution in [-0.2, 0) is 26.2 Å². The van der Waals surface area contributed by atoms with Crippen LogP contribution < -0.4 is 9.62 Å². The van der Waals surface area contributed by atoms with Crippen molar-refractivity contribution in [1.29, 1.82) is 0 Å². The molecule has 3 rings (SSSR count). The summed E-state index contributed by atoms with van der Waals surface area (Å²) < 4.78 is 29.6. The van der Waals surface area contributed by atoms with Gasteiger partial charge in [-0.3, -0.25) is 13.9 Å². The fourth-order valence-electron chi connectivity index (χ4n) is 3.96. The van der Waals surface area contributed by atoms with Crippen molar-refractivity contribution in [3.8, 4) is 0 Å². The molecule has 0 aliphatic rings. The van der Waals surface area contributed by atoms with Gasteiger partial charge in [0.15, 0.2) is 0 Å². The number of hydrogen-bond donors (Lipinski definition) is 1. The number of nitrogens with one attached hydrogen (secondary N) is 1. The molecule has 0 spiro atoms. The summed E-state index contributed by atoms with van der Waals surface area (Å²) in [6.07, 6.45) is 0.758. The van der Waals surface area contributed by atoms with Gasteiger partial charge in [-0.05, 0) is 74.7 Å². The molecule has 0 aliphatic heterocycles. The van der Waals surface area contributed by atoms with Crippen LogP contribution >= 0.6 is 15.9 Å². The Bertz CT molecular complexity index is 1380. The van der Waals surface area contributed by atoms with E-state index in [1.165, 1.54) is 17.0 Å². The van der Waals surface area contributed by atoms with E-state index in [-0.39, 0.29) is 17.3 Å². The molecule has 1 atom stereocenters. The molecule has 0 saturated carbocycles. The number of carbonyl (C=O) groups is 2. The van der Waals surface area contributed by atoms with E-state index in [2.05, 4.69) is 21.2 Å². The molecule has 202 valence electrons. The van der Waals surface area contributed by atoms with Gasteiger partial charge in [-0.25, -0.2) is 8.42 Å². The van der Waals surface area contributed by atoms with Crippen molar-refractivity contribution in [2.24, 2.45) is 0 Å². The highest BCUT2D eigenvalue weighted by Gasteiger charge is 2.32. The van der Waals surface area contributed by atoms with E-state index in [0.717, 1.165) is 31.9 Å². The Balaban J connectivity index is 2.02. The van der Waals surface area contributed by atoms with Crippen LogP contribution in [0.4, 0.5) is 5.69 Å². The van der Waals surface area contributed by atoms with E-state index < -0.39 is 28.5 Å². The molecule has 0 aliphatic carbocycles. The van der Waals surface area contributed by atoms with Crippen molar-refractivity contribution in [2.45, 2.75) is 51.6 Å². The minimum atomic E-state index is -4.08. The maximum atomic E-state index is 13.9. The zero-order valence-electron chi connectivity index (χ0n) is 22.1. The molecule has 1 unspecified atom stereocenters. The zero-order valence-corrected chi connectivity index (χ0v) is 24.6. The smallest absolute Gasteiger partial charge is 0.264 e. The second-order valence-corrected chi connectivity index (χ2v) is 12.1. The Labute approximate surface area is 234 Å². The Morgan fingerprint density at radius 3 is 2.26 bits per heavy atom. The van der Waals surface area contributed by atoms with Crippen LogP contribution in [0, 0.1) is 13.8 Å². The number of aryl methyl sites for hydroxylation is 2. The Hall–Kier alpha value is -3.17. The third-order valence-corrected chi connectivity index (χ3v) is 8.42. The van der Waals surface area contributed by atoms with Gasteiger partial charge in [0.2, 0.25) is 11.8 Å². The third kappa shape index (κ3) is 7.45. The van der Waals surface area contributed by atoms with Crippen LogP contribution in [0.15, 0.2) is 82.2 Å². The van der Waals surface area contributed by atoms with Crippen molar-refractivity contribution in [3.63, 3.8) is 0 Å². The van der Waals surface area contributed by atoms with Crippen molar-refractivity contribution >= 4 is 43.5 Å². The van der Waals surface area contributed by atoms with Crippen LogP contribution in [0.3, 0.4) is 0 Å². The fourth-order valence-corrected chi connectivity index (χ4v) is 5.81. The Morgan fingerprint density at radius 2 is 1.63 bits per heavy atom. The largest absolute Gasteiger partial charge is 0.354 e. The van der Waals surface area contributed by atoms with Crippen molar-refractivity contribution < 1.29 is 18.0 Å². The third-order valence-electron chi connectivity index (χ3n) is 6.14. The lowest BCUT2D eigenvalue weighted by molar-refractivity contribution is -0.139. The number of hydrogen-bond acceptors (Lipinski definition) is 4. The highest BCUT2D eigenvalue weighted by Crippen LogP contribution is 2.26. The monoisotopic (exact) mass is 599 g/mol. The molecule has 0 bridgehead atoms. The molecule has 38 heavy (non-hydrogen) atoms. The number of rotatable bonds is 11. The standard InChI is InChI=1S/C29H34BrN3O4S/c1-5-16-31-29(35)23(4)32(19-24-9-7-10-25(30)18-24)28(34)20-33(26-11-6-8-22(3)17-26)38(36,37)27-14-12-21(2)13-15-27/h6-15,17-18,23H,5,16,19-20H2,1-4H3,(H,31,35). The summed E-state index contributed by atoms with van der Waals surface area (Å²) in [4.78, 5) is 28.3. The van der Waals surface area contributed by atoms with Gasteiger partial charge in [0.05, 0.1) is 10.6 Å². The van der Waals surface area contributed by atoms with Gasteiger partial charge in [-0.15, -0.1) is 0 Å². The molecule has 0 heterocycles. The number of benzene rings is 3. The zero-order chi connectivity index (χ0) is 27.9. The summed E-state index contributed by atoms with van der Waals surface area (Å²) in [5.41, 5.74) is 2.97. The lowest BCUT2D eigenvalue weighted by Crippen LogP contribution is -2.51. The van der Waals surface area contributed by atoms with E-state index in [0.29, 0.717) is 12.2 Å². The molecule has 9 heteroatoms. The normalized spacial score (nSPS) is 12.0. The van der Waals surface area contributed by atoms with Crippen LogP contribution in [0.2, 0.25) is 0 Å². The highest BCUT2D eigenvalue weighted by molar-refractivity contribution is 9.10. The predicted molar refractivity (Wildman–Crippen MR) is 154 cm³/mol. The quantitative estimate of drug-likeness (QED) is 0.328. The van der Waals surface area contributed by atoms with Crippen molar-refractivity contribution in [3.05, 3.63) is 94.0 Å². The van der Waals surface area contributed by atoms with E-state index in [1.54, 1.807) is 37.3 Å². The Morgan fingerprint density at radius 1 is 0.947 bits per heavy atom. The van der Waals surface area contributed by atoms with Crippen molar-refractivity contribution in [1.82, 2.24) is 10.2 Å². The van der Waals surface area contributed by atoms with Gasteiger partial charge >= 0.3 is 0 Å². The highest BCUT2D eigenvalue weighted by atomic mass is 79.9. The first-order chi connectivity index (χ1) is 18.0. The predicted octanol–water partition coefficient (Wildman–Crippen LogP) is 5.20. The topological polar surface area (TPSA) is 86.8 Å². The second kappa shape index (κ2) is 13.1. The number of halogens is 1.